The highest BCUT2D eigenvalue weighted by atomic mass is 19.1. The zero-order chi connectivity index (χ0) is 19.2. The number of nitrogens with one attached hydrogen (secondary N) is 1. The van der Waals surface area contributed by atoms with Gasteiger partial charge in [0.15, 0.2) is 5.78 Å². The summed E-state index contributed by atoms with van der Waals surface area (Å²) in [5.74, 6) is -1.17. The van der Waals surface area contributed by atoms with Gasteiger partial charge >= 0.3 is 0 Å². The zero-order valence-corrected chi connectivity index (χ0v) is 14.9. The van der Waals surface area contributed by atoms with Crippen molar-refractivity contribution in [3.05, 3.63) is 95.6 Å². The number of carbonyl (C=O) groups excluding carboxylic acids is 2. The Hall–Kier alpha value is -3.34. The van der Waals surface area contributed by atoms with Crippen molar-refractivity contribution >= 4 is 17.4 Å². The molecule has 1 N–H and O–H groups in total. The second-order valence-electron chi connectivity index (χ2n) is 6.30. The molecule has 0 saturated carbocycles. The number of hydrogen-bond donors (Lipinski definition) is 1. The molecule has 4 nitrogen and oxygen atoms in total. The first-order chi connectivity index (χ1) is 13.0. The van der Waals surface area contributed by atoms with Crippen molar-refractivity contribution in [2.75, 3.05) is 5.32 Å². The molecule has 0 aliphatic rings. The molecule has 0 saturated heterocycles. The number of hydrogen-bond acceptors (Lipinski definition) is 3. The Morgan fingerprint density at radius 3 is 2.52 bits per heavy atom. The Morgan fingerprint density at radius 2 is 1.85 bits per heavy atom. The van der Waals surface area contributed by atoms with Gasteiger partial charge in [-0.15, -0.1) is 0 Å². The van der Waals surface area contributed by atoms with Crippen LogP contribution >= 0.6 is 0 Å². The monoisotopic (exact) mass is 362 g/mol. The van der Waals surface area contributed by atoms with E-state index in [1.54, 1.807) is 48.8 Å². The maximum atomic E-state index is 13.3. The predicted octanol–water partition coefficient (Wildman–Crippen LogP) is 4.39. The molecule has 136 valence electrons. The van der Waals surface area contributed by atoms with E-state index in [9.17, 15) is 14.0 Å². The first-order valence-corrected chi connectivity index (χ1v) is 8.59. The summed E-state index contributed by atoms with van der Waals surface area (Å²) in [5, 5.41) is 2.87. The van der Waals surface area contributed by atoms with Crippen LogP contribution in [0.3, 0.4) is 0 Å². The second-order valence-corrected chi connectivity index (χ2v) is 6.30. The number of rotatable bonds is 6. The predicted molar refractivity (Wildman–Crippen MR) is 102 cm³/mol. The van der Waals surface area contributed by atoms with E-state index < -0.39 is 5.92 Å². The van der Waals surface area contributed by atoms with Crippen LogP contribution in [0, 0.1) is 5.82 Å². The van der Waals surface area contributed by atoms with E-state index in [1.807, 2.05) is 12.1 Å². The Morgan fingerprint density at radius 1 is 1.07 bits per heavy atom. The lowest BCUT2D eigenvalue weighted by atomic mass is 9.91. The number of nitrogens with zero attached hydrogens (tertiary/aromatic N) is 1. The summed E-state index contributed by atoms with van der Waals surface area (Å²) in [6, 6.07) is 16.4. The van der Waals surface area contributed by atoms with Crippen LogP contribution in [0.15, 0.2) is 73.1 Å². The molecule has 0 aliphatic carbocycles. The highest BCUT2D eigenvalue weighted by Crippen LogP contribution is 2.24. The van der Waals surface area contributed by atoms with E-state index in [0.29, 0.717) is 23.2 Å². The molecule has 1 heterocycles. The van der Waals surface area contributed by atoms with Crippen LogP contribution in [-0.2, 0) is 11.2 Å². The van der Waals surface area contributed by atoms with Crippen LogP contribution < -0.4 is 5.32 Å². The first kappa shape index (κ1) is 18.5. The molecule has 5 heteroatoms. The zero-order valence-electron chi connectivity index (χ0n) is 14.9. The summed E-state index contributed by atoms with van der Waals surface area (Å²) in [6.45, 7) is 1.48. The average molecular weight is 362 g/mol. The van der Waals surface area contributed by atoms with Crippen molar-refractivity contribution in [2.45, 2.75) is 19.3 Å². The molecule has 1 atom stereocenters. The van der Waals surface area contributed by atoms with Crippen LogP contribution in [0.1, 0.15) is 34.3 Å². The number of Topliss-reactive ketones (excluding diaryl/α,β-unsaturated/α-hetero) is 1. The van der Waals surface area contributed by atoms with Crippen molar-refractivity contribution < 1.29 is 14.0 Å². The molecular formula is C22H19FN2O2. The van der Waals surface area contributed by atoms with E-state index >= 15 is 0 Å². The standard InChI is InChI=1S/C22H19FN2O2/c1-15(26)18-5-2-6-20(13-18)25-22(27)21(12-16-4-3-11-24-14-16)17-7-9-19(23)10-8-17/h2-11,13-14,21H,12H2,1H3,(H,25,27). The Bertz CT molecular complexity index is 940. The molecule has 2 aromatic carbocycles. The van der Waals surface area contributed by atoms with Gasteiger partial charge in [0.2, 0.25) is 5.91 Å². The van der Waals surface area contributed by atoms with Gasteiger partial charge in [0.05, 0.1) is 5.92 Å². The largest absolute Gasteiger partial charge is 0.326 e. The first-order valence-electron chi connectivity index (χ1n) is 8.59. The van der Waals surface area contributed by atoms with Crippen molar-refractivity contribution in [1.82, 2.24) is 4.98 Å². The molecule has 1 unspecified atom stereocenters. The van der Waals surface area contributed by atoms with Gasteiger partial charge in [-0.05, 0) is 54.8 Å². The third-order valence-corrected chi connectivity index (χ3v) is 4.29. The maximum Gasteiger partial charge on any atom is 0.232 e. The number of anilines is 1. The van der Waals surface area contributed by atoms with Gasteiger partial charge in [-0.2, -0.15) is 0 Å². The third kappa shape index (κ3) is 4.85. The van der Waals surface area contributed by atoms with Crippen molar-refractivity contribution in [3.8, 4) is 0 Å². The van der Waals surface area contributed by atoms with E-state index in [4.69, 9.17) is 0 Å². The van der Waals surface area contributed by atoms with Crippen LogP contribution in [0.4, 0.5) is 10.1 Å². The Labute approximate surface area is 157 Å². The van der Waals surface area contributed by atoms with Crippen LogP contribution in [0.5, 0.6) is 0 Å². The van der Waals surface area contributed by atoms with Gasteiger partial charge in [-0.1, -0.05) is 30.3 Å². The smallest absolute Gasteiger partial charge is 0.232 e. The lowest BCUT2D eigenvalue weighted by Crippen LogP contribution is -2.23. The van der Waals surface area contributed by atoms with Crippen LogP contribution in [0.2, 0.25) is 0 Å². The summed E-state index contributed by atoms with van der Waals surface area (Å²) < 4.78 is 13.3. The lowest BCUT2D eigenvalue weighted by Gasteiger charge is -2.18. The lowest BCUT2D eigenvalue weighted by molar-refractivity contribution is -0.117. The molecule has 3 rings (SSSR count). The minimum Gasteiger partial charge on any atom is -0.326 e. The number of pyridine rings is 1. The summed E-state index contributed by atoms with van der Waals surface area (Å²) >= 11 is 0. The molecule has 3 aromatic rings. The molecule has 0 fully saturated rings. The summed E-state index contributed by atoms with van der Waals surface area (Å²) in [6.07, 6.45) is 3.81. The highest BCUT2D eigenvalue weighted by molar-refractivity contribution is 5.99. The molecule has 0 spiro atoms. The number of halogens is 1. The van der Waals surface area contributed by atoms with E-state index in [2.05, 4.69) is 10.3 Å². The van der Waals surface area contributed by atoms with Crippen molar-refractivity contribution in [3.63, 3.8) is 0 Å². The summed E-state index contributed by atoms with van der Waals surface area (Å²) in [4.78, 5) is 28.6. The Balaban J connectivity index is 1.87. The fraction of sp³-hybridized carbons (Fsp3) is 0.136. The van der Waals surface area contributed by atoms with Gasteiger partial charge in [0, 0.05) is 23.6 Å². The van der Waals surface area contributed by atoms with Crippen LogP contribution in [-0.4, -0.2) is 16.7 Å². The van der Waals surface area contributed by atoms with Gasteiger partial charge in [0.25, 0.3) is 0 Å². The summed E-state index contributed by atoms with van der Waals surface area (Å²) in [7, 11) is 0. The number of carbonyl (C=O) groups is 2. The Kier molecular flexibility index (Phi) is 5.71. The third-order valence-electron chi connectivity index (χ3n) is 4.29. The normalized spacial score (nSPS) is 11.6. The van der Waals surface area contributed by atoms with E-state index in [1.165, 1.54) is 19.1 Å². The highest BCUT2D eigenvalue weighted by Gasteiger charge is 2.22. The van der Waals surface area contributed by atoms with E-state index in [-0.39, 0.29) is 17.5 Å². The molecule has 1 aromatic heterocycles. The van der Waals surface area contributed by atoms with Gasteiger partial charge in [-0.3, -0.25) is 14.6 Å². The molecule has 27 heavy (non-hydrogen) atoms. The number of amides is 1. The maximum absolute atomic E-state index is 13.3. The molecule has 0 bridgehead atoms. The number of aromatic nitrogens is 1. The van der Waals surface area contributed by atoms with E-state index in [0.717, 1.165) is 5.56 Å². The van der Waals surface area contributed by atoms with Gasteiger partial charge < -0.3 is 5.32 Å². The summed E-state index contributed by atoms with van der Waals surface area (Å²) in [5.41, 5.74) is 2.68. The fourth-order valence-corrected chi connectivity index (χ4v) is 2.86. The molecular weight excluding hydrogens is 343 g/mol. The second kappa shape index (κ2) is 8.36. The SMILES string of the molecule is CC(=O)c1cccc(NC(=O)C(Cc2cccnc2)c2ccc(F)cc2)c1. The van der Waals surface area contributed by atoms with Crippen molar-refractivity contribution in [1.29, 1.82) is 0 Å². The minimum absolute atomic E-state index is 0.0726. The van der Waals surface area contributed by atoms with Crippen molar-refractivity contribution in [2.24, 2.45) is 0 Å². The number of benzene rings is 2. The van der Waals surface area contributed by atoms with Gasteiger partial charge in [0.1, 0.15) is 5.82 Å². The molecule has 0 aliphatic heterocycles. The number of ketones is 1. The van der Waals surface area contributed by atoms with Crippen LogP contribution in [0.25, 0.3) is 0 Å². The molecule has 1 amide bonds. The molecule has 0 radical (unpaired) electrons. The quantitative estimate of drug-likeness (QED) is 0.662. The van der Waals surface area contributed by atoms with Gasteiger partial charge in [-0.25, -0.2) is 4.39 Å². The fourth-order valence-electron chi connectivity index (χ4n) is 2.86. The minimum atomic E-state index is -0.518. The average Bonchev–Trinajstić information content (AvgIpc) is 2.68. The topological polar surface area (TPSA) is 59.1 Å².